The van der Waals surface area contributed by atoms with Crippen molar-refractivity contribution in [3.8, 4) is 0 Å². The summed E-state index contributed by atoms with van der Waals surface area (Å²) in [6.07, 6.45) is 23.5. The molecule has 0 saturated heterocycles. The molecule has 1 rings (SSSR count). The Morgan fingerprint density at radius 3 is 0.958 bits per heavy atom. The van der Waals surface area contributed by atoms with Gasteiger partial charge in [-0.25, -0.2) is 0 Å². The van der Waals surface area contributed by atoms with Gasteiger partial charge in [0.1, 0.15) is 25.3 Å². The highest BCUT2D eigenvalue weighted by molar-refractivity contribution is 5.80. The lowest BCUT2D eigenvalue weighted by atomic mass is 10.1. The number of nitrogens with zero attached hydrogens (tertiary/aromatic N) is 2. The van der Waals surface area contributed by atoms with E-state index in [-0.39, 0.29) is 0 Å². The maximum Gasteiger partial charge on any atom is 0.124 e. The fraction of sp³-hybridized carbons (Fsp3) is 0.800. The topological polar surface area (TPSA) is 121 Å². The van der Waals surface area contributed by atoms with Gasteiger partial charge in [-0.3, -0.25) is 0 Å². The van der Waals surface area contributed by atoms with Gasteiger partial charge < -0.3 is 39.0 Å². The van der Waals surface area contributed by atoms with Gasteiger partial charge in [0.05, 0.1) is 53.2 Å². The number of aliphatic hydroxyl groups excluding tert-OH is 2. The summed E-state index contributed by atoms with van der Waals surface area (Å²) in [5.74, 6) is -4.12. The largest absolute Gasteiger partial charge is 0.547 e. The second-order valence-corrected chi connectivity index (χ2v) is 15.3. The van der Waals surface area contributed by atoms with Crippen LogP contribution in [0.3, 0.4) is 0 Å². The second-order valence-electron chi connectivity index (χ2n) is 15.3. The zero-order valence-corrected chi connectivity index (χ0v) is 31.9. The number of aliphatic hydroxyl groups is 2. The minimum absolute atomic E-state index is 1.11. The normalized spacial score (nSPS) is 13.1. The highest BCUT2D eigenvalue weighted by atomic mass is 16.4. The predicted octanol–water partition coefficient (Wildman–Crippen LogP) is 5.89. The number of carbonyl (C=O) groups is 2. The molecule has 0 aliphatic heterocycles. The van der Waals surface area contributed by atoms with Gasteiger partial charge >= 0.3 is 0 Å². The van der Waals surface area contributed by atoms with Crippen molar-refractivity contribution in [1.29, 1.82) is 0 Å². The molecule has 280 valence electrons. The molecule has 0 heterocycles. The molecule has 2 unspecified atom stereocenters. The van der Waals surface area contributed by atoms with E-state index in [1.807, 2.05) is 0 Å². The number of carbonyl (C=O) groups excluding carboxylic acids is 2. The fourth-order valence-corrected chi connectivity index (χ4v) is 6.21. The Bertz CT molecular complexity index is 859. The SMILES string of the molecule is CCCCCCCCCCCC[N+](C)(C)Cc1ccc(C[N+](C)(C)CCCCCCCCCCCC)cc1.O=C([O-])C(O)C(O)C(=O)[O-]. The highest BCUT2D eigenvalue weighted by Crippen LogP contribution is 2.18. The smallest absolute Gasteiger partial charge is 0.124 e. The van der Waals surface area contributed by atoms with Gasteiger partial charge in [0.2, 0.25) is 0 Å². The summed E-state index contributed by atoms with van der Waals surface area (Å²) in [4.78, 5) is 19.3. The van der Waals surface area contributed by atoms with Crippen molar-refractivity contribution in [2.75, 3.05) is 41.3 Å². The Balaban J connectivity index is 0.00000190. The number of quaternary nitrogens is 2. The average Bonchev–Trinajstić information content (AvgIpc) is 3.03. The molecule has 0 spiro atoms. The number of unbranched alkanes of at least 4 members (excludes halogenated alkanes) is 18. The molecule has 2 N–H and O–H groups in total. The minimum atomic E-state index is -2.44. The van der Waals surface area contributed by atoms with Crippen molar-refractivity contribution in [2.45, 2.75) is 168 Å². The minimum Gasteiger partial charge on any atom is -0.547 e. The summed E-state index contributed by atoms with van der Waals surface area (Å²) in [5.41, 5.74) is 2.98. The van der Waals surface area contributed by atoms with Crippen LogP contribution in [0.15, 0.2) is 24.3 Å². The van der Waals surface area contributed by atoms with Crippen LogP contribution in [0.5, 0.6) is 0 Å². The third kappa shape index (κ3) is 25.9. The zero-order chi connectivity index (χ0) is 36.3. The number of benzene rings is 1. The predicted molar refractivity (Wildman–Crippen MR) is 194 cm³/mol. The highest BCUT2D eigenvalue weighted by Gasteiger charge is 2.19. The first-order valence-corrected chi connectivity index (χ1v) is 19.2. The van der Waals surface area contributed by atoms with Crippen LogP contribution in [0.2, 0.25) is 0 Å². The maximum atomic E-state index is 9.63. The summed E-state index contributed by atoms with van der Waals surface area (Å²) in [5, 5.41) is 35.7. The van der Waals surface area contributed by atoms with E-state index in [0.717, 1.165) is 22.1 Å². The molecule has 0 radical (unpaired) electrons. The van der Waals surface area contributed by atoms with E-state index in [2.05, 4.69) is 66.3 Å². The number of hydrogen-bond acceptors (Lipinski definition) is 6. The summed E-state index contributed by atoms with van der Waals surface area (Å²) >= 11 is 0. The van der Waals surface area contributed by atoms with Crippen LogP contribution >= 0.6 is 0 Å². The molecule has 48 heavy (non-hydrogen) atoms. The number of carboxylic acids is 2. The van der Waals surface area contributed by atoms with Gasteiger partial charge in [0.25, 0.3) is 0 Å². The Morgan fingerprint density at radius 2 is 0.729 bits per heavy atom. The van der Waals surface area contributed by atoms with Gasteiger partial charge in [0, 0.05) is 11.1 Å². The first kappa shape index (κ1) is 46.0. The lowest BCUT2D eigenvalue weighted by molar-refractivity contribution is -0.904. The lowest BCUT2D eigenvalue weighted by Crippen LogP contribution is -2.51. The lowest BCUT2D eigenvalue weighted by Gasteiger charge is -2.31. The van der Waals surface area contributed by atoms with Crippen LogP contribution in [-0.2, 0) is 22.7 Å². The molecule has 1 aromatic rings. The number of hydrogen-bond donors (Lipinski definition) is 2. The third-order valence-corrected chi connectivity index (χ3v) is 9.26. The van der Waals surface area contributed by atoms with Gasteiger partial charge in [-0.1, -0.05) is 141 Å². The van der Waals surface area contributed by atoms with Crippen LogP contribution in [0, 0.1) is 0 Å². The molecular formula is C40H74N2O6. The molecule has 0 saturated carbocycles. The molecule has 8 nitrogen and oxygen atoms in total. The van der Waals surface area contributed by atoms with E-state index in [1.165, 1.54) is 153 Å². The van der Waals surface area contributed by atoms with Crippen molar-refractivity contribution in [1.82, 2.24) is 0 Å². The molecule has 0 bridgehead atoms. The average molecular weight is 679 g/mol. The second kappa shape index (κ2) is 27.8. The fourth-order valence-electron chi connectivity index (χ4n) is 6.21. The summed E-state index contributed by atoms with van der Waals surface area (Å²) in [7, 11) is 9.64. The summed E-state index contributed by atoms with van der Waals surface area (Å²) in [6.45, 7) is 9.48. The van der Waals surface area contributed by atoms with Gasteiger partial charge in [-0.2, -0.15) is 0 Å². The third-order valence-electron chi connectivity index (χ3n) is 9.26. The quantitative estimate of drug-likeness (QED) is 0.0806. The Hall–Kier alpha value is -2.00. The van der Waals surface area contributed by atoms with Crippen LogP contribution in [-0.4, -0.2) is 84.6 Å². The van der Waals surface area contributed by atoms with Crippen molar-refractivity contribution in [3.63, 3.8) is 0 Å². The van der Waals surface area contributed by atoms with Crippen molar-refractivity contribution < 1.29 is 39.0 Å². The van der Waals surface area contributed by atoms with E-state index in [0.29, 0.717) is 0 Å². The molecule has 0 aromatic heterocycles. The summed E-state index contributed by atoms with van der Waals surface area (Å²) < 4.78 is 2.22. The maximum absolute atomic E-state index is 9.63. The van der Waals surface area contributed by atoms with E-state index in [4.69, 9.17) is 10.2 Å². The van der Waals surface area contributed by atoms with E-state index in [1.54, 1.807) is 0 Å². The number of rotatable bonds is 29. The molecule has 0 fully saturated rings. The van der Waals surface area contributed by atoms with E-state index in [9.17, 15) is 19.8 Å². The molecular weight excluding hydrogens is 604 g/mol. The van der Waals surface area contributed by atoms with Crippen LogP contribution < -0.4 is 10.2 Å². The molecule has 0 aliphatic carbocycles. The van der Waals surface area contributed by atoms with Crippen LogP contribution in [0.1, 0.15) is 153 Å². The van der Waals surface area contributed by atoms with Crippen LogP contribution in [0.4, 0.5) is 0 Å². The Labute approximate surface area is 294 Å². The molecule has 1 aromatic carbocycles. The van der Waals surface area contributed by atoms with Crippen molar-refractivity contribution >= 4 is 11.9 Å². The standard InChI is InChI=1S/C36H70N2.C4H6O6/c1-7-9-11-13-15-17-19-21-23-25-31-37(3,4)33-35-27-29-36(30-28-35)34-38(5,6)32-26-24-22-20-18-16-14-12-10-8-2;5-1(3(7)8)2(6)4(9)10/h27-30H,7-26,31-34H2,1-6H3;1-2,5-6H,(H,7,8)(H,9,10)/q+2;/p-2. The summed E-state index contributed by atoms with van der Waals surface area (Å²) in [6, 6.07) is 9.59. The van der Waals surface area contributed by atoms with Crippen molar-refractivity contribution in [2.24, 2.45) is 0 Å². The van der Waals surface area contributed by atoms with E-state index >= 15 is 0 Å². The van der Waals surface area contributed by atoms with E-state index < -0.39 is 24.1 Å². The van der Waals surface area contributed by atoms with Crippen LogP contribution in [0.25, 0.3) is 0 Å². The number of aliphatic carboxylic acids is 2. The molecule has 0 amide bonds. The molecule has 8 heteroatoms. The van der Waals surface area contributed by atoms with Gasteiger partial charge in [-0.15, -0.1) is 0 Å². The zero-order valence-electron chi connectivity index (χ0n) is 31.9. The monoisotopic (exact) mass is 679 g/mol. The first-order chi connectivity index (χ1) is 22.7. The van der Waals surface area contributed by atoms with Gasteiger partial charge in [-0.05, 0) is 25.7 Å². The number of carboxylic acid groups (broad SMARTS) is 2. The molecule has 2 atom stereocenters. The van der Waals surface area contributed by atoms with Crippen molar-refractivity contribution in [3.05, 3.63) is 35.4 Å². The Morgan fingerprint density at radius 1 is 0.500 bits per heavy atom. The molecule has 0 aliphatic rings. The first-order valence-electron chi connectivity index (χ1n) is 19.2. The Kier molecular flexibility index (Phi) is 26.6. The van der Waals surface area contributed by atoms with Gasteiger partial charge in [0.15, 0.2) is 0 Å².